The predicted octanol–water partition coefficient (Wildman–Crippen LogP) is 2.87. The van der Waals surface area contributed by atoms with E-state index in [9.17, 15) is 4.79 Å². The maximum atomic E-state index is 13.0. The van der Waals surface area contributed by atoms with E-state index in [2.05, 4.69) is 25.5 Å². The van der Waals surface area contributed by atoms with Crippen LogP contribution in [0.5, 0.6) is 0 Å². The second kappa shape index (κ2) is 6.62. The highest BCUT2D eigenvalue weighted by Gasteiger charge is 2.24. The van der Waals surface area contributed by atoms with Gasteiger partial charge in [-0.25, -0.2) is 4.98 Å². The van der Waals surface area contributed by atoms with Crippen molar-refractivity contribution in [2.45, 2.75) is 6.42 Å². The minimum Gasteiger partial charge on any atom is -0.319 e. The number of pyridine rings is 2. The molecule has 7 heteroatoms. The minimum absolute atomic E-state index is 0.194. The molecule has 0 atom stereocenters. The van der Waals surface area contributed by atoms with E-state index < -0.39 is 0 Å². The van der Waals surface area contributed by atoms with Gasteiger partial charge in [0.15, 0.2) is 5.52 Å². The number of aromatic nitrogens is 5. The number of rotatable bonds is 4. The fourth-order valence-corrected chi connectivity index (χ4v) is 3.36. The summed E-state index contributed by atoms with van der Waals surface area (Å²) in [5.41, 5.74) is 3.99. The SMILES string of the molecule is O=C(Nc1ccc2cn[nH]c2c1)c1[nH]c(Cc2cccnc2)[n+]2ccccc12. The van der Waals surface area contributed by atoms with E-state index in [1.807, 2.05) is 65.3 Å². The largest absolute Gasteiger partial charge is 0.319 e. The number of carbonyl (C=O) groups is 1. The fourth-order valence-electron chi connectivity index (χ4n) is 3.36. The summed E-state index contributed by atoms with van der Waals surface area (Å²) in [6, 6.07) is 15.4. The number of H-pyrrole nitrogens is 2. The lowest BCUT2D eigenvalue weighted by Crippen LogP contribution is -2.24. The van der Waals surface area contributed by atoms with E-state index in [0.717, 1.165) is 27.8 Å². The third-order valence-corrected chi connectivity index (χ3v) is 4.70. The Balaban J connectivity index is 1.50. The zero-order valence-corrected chi connectivity index (χ0v) is 14.9. The van der Waals surface area contributed by atoms with Gasteiger partial charge in [-0.2, -0.15) is 9.50 Å². The Morgan fingerprint density at radius 2 is 2.07 bits per heavy atom. The van der Waals surface area contributed by atoms with Crippen molar-refractivity contribution in [3.05, 3.63) is 90.4 Å². The molecule has 0 radical (unpaired) electrons. The van der Waals surface area contributed by atoms with Gasteiger partial charge in [-0.15, -0.1) is 0 Å². The second-order valence-corrected chi connectivity index (χ2v) is 6.57. The molecule has 5 aromatic rings. The van der Waals surface area contributed by atoms with Crippen LogP contribution in [0.3, 0.4) is 0 Å². The van der Waals surface area contributed by atoms with Gasteiger partial charge in [0, 0.05) is 23.5 Å². The number of amides is 1. The van der Waals surface area contributed by atoms with Crippen molar-refractivity contribution >= 4 is 28.0 Å². The fraction of sp³-hybridized carbons (Fsp3) is 0.0476. The third kappa shape index (κ3) is 2.88. The molecule has 136 valence electrons. The maximum absolute atomic E-state index is 13.0. The van der Waals surface area contributed by atoms with Crippen LogP contribution in [0, 0.1) is 0 Å². The summed E-state index contributed by atoms with van der Waals surface area (Å²) in [5.74, 6) is 0.720. The van der Waals surface area contributed by atoms with Crippen molar-refractivity contribution in [3.8, 4) is 0 Å². The molecule has 0 aliphatic rings. The zero-order valence-electron chi connectivity index (χ0n) is 14.9. The van der Waals surface area contributed by atoms with Crippen LogP contribution in [0.1, 0.15) is 21.9 Å². The molecule has 1 aromatic carbocycles. The first-order valence-electron chi connectivity index (χ1n) is 8.92. The minimum atomic E-state index is -0.194. The van der Waals surface area contributed by atoms with Crippen molar-refractivity contribution < 1.29 is 9.20 Å². The van der Waals surface area contributed by atoms with E-state index in [1.165, 1.54) is 0 Å². The van der Waals surface area contributed by atoms with Crippen molar-refractivity contribution in [2.75, 3.05) is 5.32 Å². The molecule has 0 spiro atoms. The Kier molecular flexibility index (Phi) is 3.83. The van der Waals surface area contributed by atoms with Gasteiger partial charge >= 0.3 is 0 Å². The van der Waals surface area contributed by atoms with Crippen LogP contribution in [0.2, 0.25) is 0 Å². The average molecular weight is 369 g/mol. The first kappa shape index (κ1) is 16.2. The van der Waals surface area contributed by atoms with Gasteiger partial charge in [-0.1, -0.05) is 12.1 Å². The number of fused-ring (bicyclic) bond motifs is 2. The summed E-state index contributed by atoms with van der Waals surface area (Å²) in [6.07, 6.45) is 7.92. The highest BCUT2D eigenvalue weighted by Crippen LogP contribution is 2.18. The monoisotopic (exact) mass is 369 g/mol. The molecule has 0 saturated carbocycles. The van der Waals surface area contributed by atoms with Crippen molar-refractivity contribution in [2.24, 2.45) is 0 Å². The normalized spacial score (nSPS) is 11.1. The topological polar surface area (TPSA) is 90.6 Å². The van der Waals surface area contributed by atoms with E-state index in [4.69, 9.17) is 0 Å². The van der Waals surface area contributed by atoms with Gasteiger partial charge < -0.3 is 5.32 Å². The Labute approximate surface area is 160 Å². The number of hydrogen-bond donors (Lipinski definition) is 3. The molecular formula is C21H17N6O+. The Morgan fingerprint density at radius 1 is 1.11 bits per heavy atom. The van der Waals surface area contributed by atoms with Crippen LogP contribution in [0.25, 0.3) is 16.4 Å². The molecule has 4 aromatic heterocycles. The second-order valence-electron chi connectivity index (χ2n) is 6.57. The molecule has 28 heavy (non-hydrogen) atoms. The summed E-state index contributed by atoms with van der Waals surface area (Å²) >= 11 is 0. The molecule has 1 amide bonds. The van der Waals surface area contributed by atoms with Gasteiger partial charge in [0.05, 0.1) is 24.3 Å². The van der Waals surface area contributed by atoms with Crippen molar-refractivity contribution in [1.82, 2.24) is 20.2 Å². The highest BCUT2D eigenvalue weighted by molar-refractivity contribution is 6.07. The average Bonchev–Trinajstić information content (AvgIpc) is 3.33. The Hall–Kier alpha value is -4.00. The first-order valence-corrected chi connectivity index (χ1v) is 8.92. The molecule has 0 bridgehead atoms. The lowest BCUT2D eigenvalue weighted by molar-refractivity contribution is -0.520. The first-order chi connectivity index (χ1) is 13.8. The van der Waals surface area contributed by atoms with Gasteiger partial charge in [-0.3, -0.25) is 14.9 Å². The molecule has 3 N–H and O–H groups in total. The molecule has 5 rings (SSSR count). The summed E-state index contributed by atoms with van der Waals surface area (Å²) in [6.45, 7) is 0. The third-order valence-electron chi connectivity index (χ3n) is 4.70. The van der Waals surface area contributed by atoms with E-state index in [0.29, 0.717) is 17.8 Å². The Morgan fingerprint density at radius 3 is 2.96 bits per heavy atom. The molecule has 0 fully saturated rings. The molecular weight excluding hydrogens is 352 g/mol. The van der Waals surface area contributed by atoms with E-state index in [1.54, 1.807) is 12.4 Å². The smallest absolute Gasteiger partial charge is 0.299 e. The van der Waals surface area contributed by atoms with Crippen LogP contribution in [-0.2, 0) is 6.42 Å². The van der Waals surface area contributed by atoms with Gasteiger partial charge in [0.25, 0.3) is 11.7 Å². The number of hydrogen-bond acceptors (Lipinski definition) is 3. The Bertz CT molecular complexity index is 1290. The molecule has 0 aliphatic heterocycles. The number of nitrogens with zero attached hydrogens (tertiary/aromatic N) is 3. The number of imidazole rings is 1. The number of aromatic amines is 2. The number of nitrogens with one attached hydrogen (secondary N) is 3. The summed E-state index contributed by atoms with van der Waals surface area (Å²) in [7, 11) is 0. The predicted molar refractivity (Wildman–Crippen MR) is 105 cm³/mol. The number of benzene rings is 1. The molecule has 0 saturated heterocycles. The quantitative estimate of drug-likeness (QED) is 0.426. The summed E-state index contributed by atoms with van der Waals surface area (Å²) in [4.78, 5) is 20.4. The van der Waals surface area contributed by atoms with Crippen molar-refractivity contribution in [1.29, 1.82) is 0 Å². The number of anilines is 1. The van der Waals surface area contributed by atoms with Crippen LogP contribution in [-0.4, -0.2) is 26.1 Å². The highest BCUT2D eigenvalue weighted by atomic mass is 16.1. The molecule has 7 nitrogen and oxygen atoms in total. The van der Waals surface area contributed by atoms with Crippen LogP contribution in [0.15, 0.2) is 73.3 Å². The van der Waals surface area contributed by atoms with Crippen LogP contribution < -0.4 is 9.72 Å². The lowest BCUT2D eigenvalue weighted by Gasteiger charge is -2.02. The lowest BCUT2D eigenvalue weighted by atomic mass is 10.2. The summed E-state index contributed by atoms with van der Waals surface area (Å²) < 4.78 is 2.00. The van der Waals surface area contributed by atoms with E-state index in [-0.39, 0.29) is 5.91 Å². The van der Waals surface area contributed by atoms with E-state index >= 15 is 0 Å². The maximum Gasteiger partial charge on any atom is 0.299 e. The van der Waals surface area contributed by atoms with Gasteiger partial charge in [-0.05, 0) is 42.0 Å². The molecule has 4 heterocycles. The van der Waals surface area contributed by atoms with Crippen molar-refractivity contribution in [3.63, 3.8) is 0 Å². The molecule has 0 unspecified atom stereocenters. The summed E-state index contributed by atoms with van der Waals surface area (Å²) in [5, 5.41) is 10.9. The zero-order chi connectivity index (χ0) is 18.9. The van der Waals surface area contributed by atoms with Crippen LogP contribution in [0.4, 0.5) is 5.69 Å². The molecule has 0 aliphatic carbocycles. The van der Waals surface area contributed by atoms with Gasteiger partial charge in [0.1, 0.15) is 0 Å². The number of carbonyl (C=O) groups excluding carboxylic acids is 1. The van der Waals surface area contributed by atoms with Gasteiger partial charge in [0.2, 0.25) is 5.69 Å². The van der Waals surface area contributed by atoms with Crippen LogP contribution >= 0.6 is 0 Å². The standard InChI is InChI=1S/C21H16N6O/c28-21(24-16-7-6-15-13-23-26-17(15)11-16)20-18-5-1-2-9-27(18)19(25-20)10-14-4-3-8-22-12-14/h1-9,11-13H,10H2,(H2,23,24,26,28)/p+1.